The molecule has 30 heavy (non-hydrogen) atoms. The number of hydrogen-bond acceptors (Lipinski definition) is 1. The van der Waals surface area contributed by atoms with Gasteiger partial charge in [0, 0.05) is 22.3 Å². The van der Waals surface area contributed by atoms with Crippen molar-refractivity contribution in [2.24, 2.45) is 0 Å². The highest BCUT2D eigenvalue weighted by atomic mass is 16.5. The average Bonchev–Trinajstić information content (AvgIpc) is 2.83. The van der Waals surface area contributed by atoms with E-state index in [1.165, 1.54) is 0 Å². The first kappa shape index (κ1) is 19.1. The van der Waals surface area contributed by atoms with Crippen LogP contribution in [0.1, 0.15) is 22.3 Å². The summed E-state index contributed by atoms with van der Waals surface area (Å²) in [4.78, 5) is 0. The summed E-state index contributed by atoms with van der Waals surface area (Å²) >= 11 is 0. The van der Waals surface area contributed by atoms with Gasteiger partial charge in [-0.15, -0.1) is 0 Å². The van der Waals surface area contributed by atoms with Gasteiger partial charge in [-0.3, -0.25) is 0 Å². The predicted molar refractivity (Wildman–Crippen MR) is 123 cm³/mol. The van der Waals surface area contributed by atoms with Gasteiger partial charge >= 0.3 is 0 Å². The molecule has 0 aromatic heterocycles. The summed E-state index contributed by atoms with van der Waals surface area (Å²) in [5.41, 5.74) is 6.03. The Morgan fingerprint density at radius 1 is 0.500 bits per heavy atom. The Balaban J connectivity index is 1.68. The first-order chi connectivity index (χ1) is 14.8. The van der Waals surface area contributed by atoms with Crippen molar-refractivity contribution in [1.82, 2.24) is 0 Å². The molecule has 0 saturated carbocycles. The van der Waals surface area contributed by atoms with Crippen LogP contribution in [0, 0.1) is 23.7 Å². The van der Waals surface area contributed by atoms with Crippen molar-refractivity contribution in [2.45, 2.75) is 0 Å². The summed E-state index contributed by atoms with van der Waals surface area (Å²) in [6.07, 6.45) is 0. The normalized spacial score (nSPS) is 9.63. The molecule has 0 heterocycles. The summed E-state index contributed by atoms with van der Waals surface area (Å²) in [6, 6.07) is 34.2. The molecule has 0 N–H and O–H groups in total. The predicted octanol–water partition coefficient (Wildman–Crippen LogP) is 6.16. The smallest absolute Gasteiger partial charge is 0.118 e. The zero-order chi connectivity index (χ0) is 20.6. The fraction of sp³-hybridized carbons (Fsp3) is 0.0345. The van der Waals surface area contributed by atoms with Gasteiger partial charge in [-0.1, -0.05) is 84.3 Å². The summed E-state index contributed by atoms with van der Waals surface area (Å²) in [5.74, 6) is 14.0. The van der Waals surface area contributed by atoms with Crippen molar-refractivity contribution in [3.8, 4) is 40.6 Å². The lowest BCUT2D eigenvalue weighted by Crippen LogP contribution is -1.87. The molecule has 4 rings (SSSR count). The molecule has 0 unspecified atom stereocenters. The molecule has 0 saturated heterocycles. The lowest BCUT2D eigenvalue weighted by atomic mass is 9.99. The molecule has 1 heteroatoms. The van der Waals surface area contributed by atoms with Crippen LogP contribution < -0.4 is 4.74 Å². The maximum Gasteiger partial charge on any atom is 0.118 e. The third-order valence-electron chi connectivity index (χ3n) is 4.70. The van der Waals surface area contributed by atoms with Gasteiger partial charge in [0.05, 0.1) is 7.11 Å². The molecule has 142 valence electrons. The molecule has 0 atom stereocenters. The van der Waals surface area contributed by atoms with Crippen LogP contribution in [0.15, 0.2) is 103 Å². The fourth-order valence-electron chi connectivity index (χ4n) is 3.11. The number of benzene rings is 4. The molecule has 0 aliphatic rings. The molecular formula is C29H20O. The molecule has 0 spiro atoms. The Hall–Kier alpha value is -4.20. The summed E-state index contributed by atoms with van der Waals surface area (Å²) in [5, 5.41) is 0. The number of ether oxygens (including phenoxy) is 1. The van der Waals surface area contributed by atoms with E-state index in [4.69, 9.17) is 4.74 Å². The van der Waals surface area contributed by atoms with Crippen LogP contribution in [0.25, 0.3) is 11.1 Å². The third-order valence-corrected chi connectivity index (χ3v) is 4.70. The van der Waals surface area contributed by atoms with Gasteiger partial charge < -0.3 is 4.74 Å². The summed E-state index contributed by atoms with van der Waals surface area (Å²) in [7, 11) is 1.67. The second-order valence-corrected chi connectivity index (χ2v) is 6.69. The van der Waals surface area contributed by atoms with Crippen LogP contribution in [0.3, 0.4) is 0 Å². The molecule has 4 aromatic carbocycles. The summed E-state index contributed by atoms with van der Waals surface area (Å²) < 4.78 is 5.27. The van der Waals surface area contributed by atoms with Crippen molar-refractivity contribution in [3.63, 3.8) is 0 Å². The number of hydrogen-bond donors (Lipinski definition) is 0. The largest absolute Gasteiger partial charge is 0.497 e. The molecule has 0 amide bonds. The fourth-order valence-corrected chi connectivity index (χ4v) is 3.11. The standard InChI is InChI=1S/C29H20O/c1-30-28-21-19-27(20-22-28)29-14-8-7-13-26(29)18-17-25-12-6-5-11-24(25)16-15-23-9-3-2-4-10-23/h2-14,19-22H,1H3. The van der Waals surface area contributed by atoms with Crippen LogP contribution in [0.2, 0.25) is 0 Å². The van der Waals surface area contributed by atoms with Gasteiger partial charge in [-0.25, -0.2) is 0 Å². The van der Waals surface area contributed by atoms with E-state index >= 15 is 0 Å². The maximum atomic E-state index is 5.27. The van der Waals surface area contributed by atoms with E-state index in [1.54, 1.807) is 7.11 Å². The van der Waals surface area contributed by atoms with Crippen molar-refractivity contribution >= 4 is 0 Å². The number of rotatable bonds is 2. The van der Waals surface area contributed by atoms with E-state index < -0.39 is 0 Å². The van der Waals surface area contributed by atoms with Gasteiger partial charge in [-0.05, 0) is 53.6 Å². The Morgan fingerprint density at radius 3 is 1.70 bits per heavy atom. The topological polar surface area (TPSA) is 9.23 Å². The second-order valence-electron chi connectivity index (χ2n) is 6.69. The van der Waals surface area contributed by atoms with E-state index in [9.17, 15) is 0 Å². The lowest BCUT2D eigenvalue weighted by molar-refractivity contribution is 0.415. The Labute approximate surface area is 178 Å². The van der Waals surface area contributed by atoms with Crippen LogP contribution >= 0.6 is 0 Å². The first-order valence-corrected chi connectivity index (χ1v) is 9.75. The number of methoxy groups -OCH3 is 1. The highest BCUT2D eigenvalue weighted by molar-refractivity contribution is 5.72. The molecule has 0 radical (unpaired) electrons. The van der Waals surface area contributed by atoms with E-state index in [0.29, 0.717) is 0 Å². The molecule has 1 nitrogen and oxygen atoms in total. The van der Waals surface area contributed by atoms with Crippen LogP contribution in [0.4, 0.5) is 0 Å². The van der Waals surface area contributed by atoms with E-state index in [1.807, 2.05) is 84.9 Å². The van der Waals surface area contributed by atoms with E-state index in [0.717, 1.165) is 39.1 Å². The Kier molecular flexibility index (Phi) is 5.95. The third kappa shape index (κ3) is 4.61. The highest BCUT2D eigenvalue weighted by Crippen LogP contribution is 2.25. The molecule has 0 bridgehead atoms. The zero-order valence-electron chi connectivity index (χ0n) is 16.7. The quantitative estimate of drug-likeness (QED) is 0.376. The van der Waals surface area contributed by atoms with Crippen molar-refractivity contribution in [2.75, 3.05) is 7.11 Å². The lowest BCUT2D eigenvalue weighted by Gasteiger charge is -2.06. The van der Waals surface area contributed by atoms with Crippen molar-refractivity contribution in [1.29, 1.82) is 0 Å². The molecule has 0 aliphatic carbocycles. The monoisotopic (exact) mass is 384 g/mol. The molecule has 4 aromatic rings. The van der Waals surface area contributed by atoms with Gasteiger partial charge in [-0.2, -0.15) is 0 Å². The molecular weight excluding hydrogens is 364 g/mol. The Morgan fingerprint density at radius 2 is 1.03 bits per heavy atom. The van der Waals surface area contributed by atoms with Crippen LogP contribution in [0.5, 0.6) is 5.75 Å². The summed E-state index contributed by atoms with van der Waals surface area (Å²) in [6.45, 7) is 0. The van der Waals surface area contributed by atoms with Gasteiger partial charge in [0.2, 0.25) is 0 Å². The minimum absolute atomic E-state index is 0.841. The van der Waals surface area contributed by atoms with Gasteiger partial charge in [0.25, 0.3) is 0 Å². The zero-order valence-corrected chi connectivity index (χ0v) is 16.7. The molecule has 0 fully saturated rings. The van der Waals surface area contributed by atoms with Crippen LogP contribution in [-0.4, -0.2) is 7.11 Å². The minimum Gasteiger partial charge on any atom is -0.497 e. The van der Waals surface area contributed by atoms with E-state index in [2.05, 4.69) is 41.9 Å². The van der Waals surface area contributed by atoms with E-state index in [-0.39, 0.29) is 0 Å². The second kappa shape index (κ2) is 9.33. The van der Waals surface area contributed by atoms with Gasteiger partial charge in [0.15, 0.2) is 0 Å². The SMILES string of the molecule is COc1ccc(-c2ccccc2C#Cc2ccccc2C#Cc2ccccc2)cc1. The minimum atomic E-state index is 0.841. The van der Waals surface area contributed by atoms with Crippen LogP contribution in [-0.2, 0) is 0 Å². The average molecular weight is 384 g/mol. The van der Waals surface area contributed by atoms with Crippen molar-refractivity contribution < 1.29 is 4.74 Å². The maximum absolute atomic E-state index is 5.27. The Bertz CT molecular complexity index is 1260. The molecule has 0 aliphatic heterocycles. The first-order valence-electron chi connectivity index (χ1n) is 9.75. The highest BCUT2D eigenvalue weighted by Gasteiger charge is 2.03. The van der Waals surface area contributed by atoms with Gasteiger partial charge in [0.1, 0.15) is 5.75 Å². The van der Waals surface area contributed by atoms with Crippen molar-refractivity contribution in [3.05, 3.63) is 125 Å².